The minimum Gasteiger partial charge on any atom is -0.462 e. The lowest BCUT2D eigenvalue weighted by Crippen LogP contribution is -2.07. The monoisotopic (exact) mass is 184 g/mol. The zero-order chi connectivity index (χ0) is 10.3. The molecule has 3 nitrogen and oxygen atoms in total. The van der Waals surface area contributed by atoms with E-state index in [2.05, 4.69) is 0 Å². The fourth-order valence-corrected chi connectivity index (χ4v) is 0.718. The van der Waals surface area contributed by atoms with Crippen molar-refractivity contribution in [2.45, 2.75) is 33.6 Å². The lowest BCUT2D eigenvalue weighted by molar-refractivity contribution is -0.139. The Morgan fingerprint density at radius 1 is 1.31 bits per heavy atom. The van der Waals surface area contributed by atoms with E-state index in [9.17, 15) is 9.59 Å². The number of rotatable bonds is 5. The van der Waals surface area contributed by atoms with E-state index in [4.69, 9.17) is 4.74 Å². The maximum Gasteiger partial charge on any atom is 0.333 e. The van der Waals surface area contributed by atoms with Gasteiger partial charge in [-0.05, 0) is 27.2 Å². The molecule has 0 aliphatic rings. The van der Waals surface area contributed by atoms with E-state index in [-0.39, 0.29) is 11.8 Å². The molecule has 0 saturated heterocycles. The van der Waals surface area contributed by atoms with Crippen molar-refractivity contribution in [3.63, 3.8) is 0 Å². The third kappa shape index (κ3) is 6.08. The number of allylic oxidation sites excluding steroid dienone is 1. The molecule has 0 unspecified atom stereocenters. The maximum atomic E-state index is 11.0. The van der Waals surface area contributed by atoms with Crippen molar-refractivity contribution in [3.8, 4) is 0 Å². The van der Waals surface area contributed by atoms with Crippen LogP contribution in [0.4, 0.5) is 0 Å². The van der Waals surface area contributed by atoms with Gasteiger partial charge in [0, 0.05) is 12.0 Å². The first-order valence-electron chi connectivity index (χ1n) is 4.37. The predicted molar refractivity (Wildman–Crippen MR) is 50.3 cm³/mol. The molecular weight excluding hydrogens is 168 g/mol. The molecule has 0 amide bonds. The fraction of sp³-hybridized carbons (Fsp3) is 0.600. The Balaban J connectivity index is 3.54. The summed E-state index contributed by atoms with van der Waals surface area (Å²) < 4.78 is 4.89. The highest BCUT2D eigenvalue weighted by atomic mass is 16.5. The zero-order valence-electron chi connectivity index (χ0n) is 8.42. The van der Waals surface area contributed by atoms with Gasteiger partial charge in [0.1, 0.15) is 5.78 Å². The zero-order valence-corrected chi connectivity index (χ0v) is 8.42. The van der Waals surface area contributed by atoms with Crippen LogP contribution in [-0.4, -0.2) is 18.4 Å². The van der Waals surface area contributed by atoms with Crippen LogP contribution in [0, 0.1) is 0 Å². The molecule has 0 aromatic rings. The highest BCUT2D eigenvalue weighted by molar-refractivity contribution is 5.87. The van der Waals surface area contributed by atoms with Gasteiger partial charge in [0.15, 0.2) is 0 Å². The molecule has 0 N–H and O–H groups in total. The van der Waals surface area contributed by atoms with Crippen LogP contribution in [0.5, 0.6) is 0 Å². The van der Waals surface area contributed by atoms with Crippen LogP contribution >= 0.6 is 0 Å². The first-order chi connectivity index (χ1) is 6.07. The molecule has 0 rings (SSSR count). The molecular formula is C10H16O3. The smallest absolute Gasteiger partial charge is 0.333 e. The van der Waals surface area contributed by atoms with Crippen molar-refractivity contribution < 1.29 is 14.3 Å². The summed E-state index contributed by atoms with van der Waals surface area (Å²) in [5.74, 6) is -0.176. The van der Waals surface area contributed by atoms with Crippen LogP contribution in [0.3, 0.4) is 0 Å². The summed E-state index contributed by atoms with van der Waals surface area (Å²) in [6.07, 6.45) is 2.79. The number of carbonyl (C=O) groups is 2. The topological polar surface area (TPSA) is 43.4 Å². The second kappa shape index (κ2) is 6.40. The van der Waals surface area contributed by atoms with E-state index >= 15 is 0 Å². The normalized spacial score (nSPS) is 11.2. The van der Waals surface area contributed by atoms with Gasteiger partial charge in [-0.2, -0.15) is 0 Å². The van der Waals surface area contributed by atoms with Crippen molar-refractivity contribution in [2.24, 2.45) is 0 Å². The summed E-state index contributed by atoms with van der Waals surface area (Å²) in [4.78, 5) is 21.6. The summed E-state index contributed by atoms with van der Waals surface area (Å²) >= 11 is 0. The molecule has 0 aliphatic heterocycles. The van der Waals surface area contributed by atoms with E-state index in [1.807, 2.05) is 0 Å². The van der Waals surface area contributed by atoms with Crippen LogP contribution in [0.2, 0.25) is 0 Å². The predicted octanol–water partition coefficient (Wildman–Crippen LogP) is 1.86. The Bertz CT molecular complexity index is 216. The van der Waals surface area contributed by atoms with Gasteiger partial charge in [-0.3, -0.25) is 0 Å². The van der Waals surface area contributed by atoms with E-state index < -0.39 is 0 Å². The van der Waals surface area contributed by atoms with Crippen LogP contribution in [0.25, 0.3) is 0 Å². The molecule has 74 valence electrons. The van der Waals surface area contributed by atoms with E-state index in [0.29, 0.717) is 25.0 Å². The Morgan fingerprint density at radius 3 is 2.38 bits per heavy atom. The lowest BCUT2D eigenvalue weighted by atomic mass is 10.2. The summed E-state index contributed by atoms with van der Waals surface area (Å²) in [6.45, 7) is 5.34. The van der Waals surface area contributed by atoms with Crippen molar-refractivity contribution in [1.29, 1.82) is 0 Å². The quantitative estimate of drug-likeness (QED) is 0.372. The second-order valence-corrected chi connectivity index (χ2v) is 2.91. The summed E-state index contributed by atoms with van der Waals surface area (Å²) in [6, 6.07) is 0. The van der Waals surface area contributed by atoms with Crippen LogP contribution in [-0.2, 0) is 14.3 Å². The Hall–Kier alpha value is -1.12. The summed E-state index contributed by atoms with van der Waals surface area (Å²) in [5, 5.41) is 0. The fourth-order valence-electron chi connectivity index (χ4n) is 0.718. The number of Topliss-reactive ketones (excluding diaryl/α,β-unsaturated/α-hetero) is 1. The average Bonchev–Trinajstić information content (AvgIpc) is 2.10. The SMILES string of the molecule is C/C=C(/C)C(=O)OCCCC(C)=O. The molecule has 0 bridgehead atoms. The number of hydrogen-bond acceptors (Lipinski definition) is 3. The molecule has 0 atom stereocenters. The molecule has 0 heterocycles. The Labute approximate surface area is 78.8 Å². The third-order valence-electron chi connectivity index (χ3n) is 1.66. The summed E-state index contributed by atoms with van der Waals surface area (Å²) in [7, 11) is 0. The molecule has 0 aromatic carbocycles. The molecule has 0 radical (unpaired) electrons. The van der Waals surface area contributed by atoms with Gasteiger partial charge in [0.05, 0.1) is 6.61 Å². The molecule has 0 spiro atoms. The largest absolute Gasteiger partial charge is 0.462 e. The molecule has 13 heavy (non-hydrogen) atoms. The second-order valence-electron chi connectivity index (χ2n) is 2.91. The number of hydrogen-bond donors (Lipinski definition) is 0. The standard InChI is InChI=1S/C10H16O3/c1-4-8(2)10(12)13-7-5-6-9(3)11/h4H,5-7H2,1-3H3/b8-4-. The number of ketones is 1. The molecule has 3 heteroatoms. The van der Waals surface area contributed by atoms with Crippen molar-refractivity contribution in [1.82, 2.24) is 0 Å². The van der Waals surface area contributed by atoms with E-state index in [1.165, 1.54) is 6.92 Å². The number of ether oxygens (including phenoxy) is 1. The molecule has 0 saturated carbocycles. The van der Waals surface area contributed by atoms with Gasteiger partial charge in [0.2, 0.25) is 0 Å². The van der Waals surface area contributed by atoms with Gasteiger partial charge in [-0.15, -0.1) is 0 Å². The van der Waals surface area contributed by atoms with Gasteiger partial charge in [-0.1, -0.05) is 6.08 Å². The molecule has 0 fully saturated rings. The minimum atomic E-state index is -0.300. The highest BCUT2D eigenvalue weighted by Crippen LogP contribution is 1.98. The van der Waals surface area contributed by atoms with Crippen molar-refractivity contribution in [2.75, 3.05) is 6.61 Å². The first kappa shape index (κ1) is 11.9. The first-order valence-corrected chi connectivity index (χ1v) is 4.37. The van der Waals surface area contributed by atoms with Crippen molar-refractivity contribution >= 4 is 11.8 Å². The van der Waals surface area contributed by atoms with Crippen LogP contribution < -0.4 is 0 Å². The molecule has 0 aliphatic carbocycles. The molecule has 0 aromatic heterocycles. The minimum absolute atomic E-state index is 0.124. The van der Waals surface area contributed by atoms with Gasteiger partial charge >= 0.3 is 5.97 Å². The Morgan fingerprint density at radius 2 is 1.92 bits per heavy atom. The highest BCUT2D eigenvalue weighted by Gasteiger charge is 2.03. The van der Waals surface area contributed by atoms with E-state index in [0.717, 1.165) is 0 Å². The van der Waals surface area contributed by atoms with Gasteiger partial charge < -0.3 is 9.53 Å². The summed E-state index contributed by atoms with van der Waals surface area (Å²) in [5.41, 5.74) is 0.600. The van der Waals surface area contributed by atoms with Gasteiger partial charge in [-0.25, -0.2) is 4.79 Å². The van der Waals surface area contributed by atoms with Gasteiger partial charge in [0.25, 0.3) is 0 Å². The average molecular weight is 184 g/mol. The maximum absolute atomic E-state index is 11.0. The number of carbonyl (C=O) groups excluding carboxylic acids is 2. The van der Waals surface area contributed by atoms with Crippen LogP contribution in [0.1, 0.15) is 33.6 Å². The van der Waals surface area contributed by atoms with Crippen LogP contribution in [0.15, 0.2) is 11.6 Å². The third-order valence-corrected chi connectivity index (χ3v) is 1.66. The van der Waals surface area contributed by atoms with Crippen molar-refractivity contribution in [3.05, 3.63) is 11.6 Å². The number of esters is 1. The van der Waals surface area contributed by atoms with E-state index in [1.54, 1.807) is 19.9 Å². The Kier molecular flexibility index (Phi) is 5.85. The lowest BCUT2D eigenvalue weighted by Gasteiger charge is -2.02.